The summed E-state index contributed by atoms with van der Waals surface area (Å²) in [6.07, 6.45) is -0.260. The molecule has 1 aliphatic rings. The highest BCUT2D eigenvalue weighted by atomic mass is 19.4. The minimum Gasteiger partial charge on any atom is -0.337 e. The molecule has 4 nitrogen and oxygen atoms in total. The Balaban J connectivity index is 2.24. The third kappa shape index (κ3) is 3.34. The van der Waals surface area contributed by atoms with Crippen molar-refractivity contribution in [3.63, 3.8) is 0 Å². The Morgan fingerprint density at radius 1 is 1.42 bits per heavy atom. The minimum absolute atomic E-state index is 0.155. The van der Waals surface area contributed by atoms with Crippen LogP contribution in [0.2, 0.25) is 0 Å². The summed E-state index contributed by atoms with van der Waals surface area (Å²) in [6, 6.07) is 1.06. The van der Waals surface area contributed by atoms with Gasteiger partial charge in [0.05, 0.1) is 0 Å². The van der Waals surface area contributed by atoms with Crippen molar-refractivity contribution in [1.29, 1.82) is 0 Å². The van der Waals surface area contributed by atoms with E-state index < -0.39 is 11.9 Å². The van der Waals surface area contributed by atoms with Gasteiger partial charge in [-0.15, -0.1) is 0 Å². The molecule has 2 heterocycles. The van der Waals surface area contributed by atoms with Crippen molar-refractivity contribution < 1.29 is 13.2 Å². The quantitative estimate of drug-likeness (QED) is 0.916. The Morgan fingerprint density at radius 2 is 2.21 bits per heavy atom. The first-order valence-corrected chi connectivity index (χ1v) is 6.34. The maximum Gasteiger partial charge on any atom is 0.433 e. The number of aromatic nitrogens is 2. The number of hydrogen-bond donors (Lipinski definition) is 1. The summed E-state index contributed by atoms with van der Waals surface area (Å²) in [6.45, 7) is 1.42. The summed E-state index contributed by atoms with van der Waals surface area (Å²) >= 11 is 0. The van der Waals surface area contributed by atoms with Gasteiger partial charge in [-0.3, -0.25) is 0 Å². The summed E-state index contributed by atoms with van der Waals surface area (Å²) in [5.41, 5.74) is -0.883. The molecule has 1 N–H and O–H groups in total. The molecule has 1 atom stereocenters. The largest absolute Gasteiger partial charge is 0.433 e. The van der Waals surface area contributed by atoms with E-state index in [0.717, 1.165) is 31.9 Å². The second-order valence-corrected chi connectivity index (χ2v) is 4.64. The molecule has 0 saturated carbocycles. The van der Waals surface area contributed by atoms with Crippen LogP contribution < -0.4 is 10.2 Å². The molecule has 1 aromatic heterocycles. The molecule has 19 heavy (non-hydrogen) atoms. The fourth-order valence-electron chi connectivity index (χ4n) is 2.36. The predicted octanol–water partition coefficient (Wildman–Crippen LogP) is 2.07. The van der Waals surface area contributed by atoms with Crippen molar-refractivity contribution in [3.05, 3.63) is 18.0 Å². The Hall–Kier alpha value is -1.37. The minimum atomic E-state index is -4.42. The molecule has 0 spiro atoms. The summed E-state index contributed by atoms with van der Waals surface area (Å²) in [4.78, 5) is 9.53. The highest BCUT2D eigenvalue weighted by molar-refractivity contribution is 5.33. The Labute approximate surface area is 110 Å². The van der Waals surface area contributed by atoms with Gasteiger partial charge in [-0.05, 0) is 32.4 Å². The lowest BCUT2D eigenvalue weighted by molar-refractivity contribution is -0.141. The van der Waals surface area contributed by atoms with Gasteiger partial charge in [0.25, 0.3) is 0 Å². The zero-order valence-corrected chi connectivity index (χ0v) is 10.7. The van der Waals surface area contributed by atoms with E-state index in [1.54, 1.807) is 0 Å². The van der Waals surface area contributed by atoms with Gasteiger partial charge in [-0.25, -0.2) is 9.97 Å². The lowest BCUT2D eigenvalue weighted by Gasteiger charge is -2.35. The molecule has 1 aromatic rings. The van der Waals surface area contributed by atoms with Gasteiger partial charge in [0, 0.05) is 25.3 Å². The number of halogens is 3. The van der Waals surface area contributed by atoms with E-state index in [1.807, 2.05) is 11.9 Å². The highest BCUT2D eigenvalue weighted by Crippen LogP contribution is 2.29. The van der Waals surface area contributed by atoms with Crippen molar-refractivity contribution in [2.24, 2.45) is 0 Å². The van der Waals surface area contributed by atoms with Crippen LogP contribution in [-0.4, -0.2) is 36.1 Å². The van der Waals surface area contributed by atoms with Gasteiger partial charge in [-0.2, -0.15) is 13.2 Å². The van der Waals surface area contributed by atoms with Crippen LogP contribution >= 0.6 is 0 Å². The summed E-state index contributed by atoms with van der Waals surface area (Å²) < 4.78 is 38.0. The van der Waals surface area contributed by atoms with E-state index in [4.69, 9.17) is 0 Å². The van der Waals surface area contributed by atoms with E-state index in [9.17, 15) is 13.2 Å². The van der Waals surface area contributed by atoms with Crippen molar-refractivity contribution in [3.8, 4) is 0 Å². The molecule has 106 valence electrons. The van der Waals surface area contributed by atoms with Crippen LogP contribution in [0.25, 0.3) is 0 Å². The smallest absolute Gasteiger partial charge is 0.337 e. The lowest BCUT2D eigenvalue weighted by Crippen LogP contribution is -2.46. The van der Waals surface area contributed by atoms with Crippen molar-refractivity contribution in [2.75, 3.05) is 25.0 Å². The average molecular weight is 274 g/mol. The monoisotopic (exact) mass is 274 g/mol. The Kier molecular flexibility index (Phi) is 4.24. The average Bonchev–Trinajstić information content (AvgIpc) is 2.39. The SMILES string of the molecule is CNCC1CCCCN1c1nccc(C(F)(F)F)n1. The molecular formula is C12H17F3N4. The van der Waals surface area contributed by atoms with Crippen LogP contribution in [0.15, 0.2) is 12.3 Å². The standard InChI is InChI=1S/C12H17F3N4/c1-16-8-9-4-2-3-7-19(9)11-17-6-5-10(18-11)12(13,14)15/h5-6,9,16H,2-4,7-8H2,1H3. The zero-order chi connectivity index (χ0) is 13.9. The number of hydrogen-bond acceptors (Lipinski definition) is 4. The van der Waals surface area contributed by atoms with Crippen molar-refractivity contribution >= 4 is 5.95 Å². The fourth-order valence-corrected chi connectivity index (χ4v) is 2.36. The Bertz CT molecular complexity index is 420. The fraction of sp³-hybridized carbons (Fsp3) is 0.667. The van der Waals surface area contributed by atoms with E-state index in [-0.39, 0.29) is 12.0 Å². The van der Waals surface area contributed by atoms with Crippen LogP contribution in [0.1, 0.15) is 25.0 Å². The van der Waals surface area contributed by atoms with Gasteiger partial charge in [0.2, 0.25) is 5.95 Å². The first-order chi connectivity index (χ1) is 9.02. The predicted molar refractivity (Wildman–Crippen MR) is 65.9 cm³/mol. The van der Waals surface area contributed by atoms with Gasteiger partial charge in [0.15, 0.2) is 0 Å². The van der Waals surface area contributed by atoms with E-state index in [1.165, 1.54) is 6.20 Å². The third-order valence-electron chi connectivity index (χ3n) is 3.26. The number of nitrogens with one attached hydrogen (secondary N) is 1. The molecule has 1 aliphatic heterocycles. The van der Waals surface area contributed by atoms with Gasteiger partial charge < -0.3 is 10.2 Å². The molecule has 1 saturated heterocycles. The second-order valence-electron chi connectivity index (χ2n) is 4.64. The first-order valence-electron chi connectivity index (χ1n) is 6.34. The molecule has 7 heteroatoms. The van der Waals surface area contributed by atoms with Crippen molar-refractivity contribution in [1.82, 2.24) is 15.3 Å². The Morgan fingerprint density at radius 3 is 2.89 bits per heavy atom. The van der Waals surface area contributed by atoms with Crippen LogP contribution in [0.3, 0.4) is 0 Å². The first kappa shape index (κ1) is 14.0. The maximum atomic E-state index is 12.7. The normalized spacial score (nSPS) is 20.6. The molecular weight excluding hydrogens is 257 g/mol. The number of piperidine rings is 1. The van der Waals surface area contributed by atoms with E-state index >= 15 is 0 Å². The van der Waals surface area contributed by atoms with Crippen LogP contribution in [-0.2, 0) is 6.18 Å². The topological polar surface area (TPSA) is 41.0 Å². The third-order valence-corrected chi connectivity index (χ3v) is 3.26. The van der Waals surface area contributed by atoms with Crippen LogP contribution in [0.4, 0.5) is 19.1 Å². The van der Waals surface area contributed by atoms with Gasteiger partial charge in [0.1, 0.15) is 5.69 Å². The number of alkyl halides is 3. The number of nitrogens with zero attached hydrogens (tertiary/aromatic N) is 3. The number of rotatable bonds is 3. The second kappa shape index (κ2) is 5.73. The summed E-state index contributed by atoms with van der Waals surface area (Å²) in [5, 5.41) is 3.06. The van der Waals surface area contributed by atoms with E-state index in [2.05, 4.69) is 15.3 Å². The number of likely N-dealkylation sites (N-methyl/N-ethyl adjacent to an activating group) is 1. The molecule has 0 radical (unpaired) electrons. The molecule has 1 unspecified atom stereocenters. The van der Waals surface area contributed by atoms with Crippen LogP contribution in [0, 0.1) is 0 Å². The highest BCUT2D eigenvalue weighted by Gasteiger charge is 2.34. The molecule has 0 amide bonds. The number of anilines is 1. The molecule has 0 aliphatic carbocycles. The molecule has 1 fully saturated rings. The van der Waals surface area contributed by atoms with E-state index in [0.29, 0.717) is 6.54 Å². The summed E-state index contributed by atoms with van der Waals surface area (Å²) in [5.74, 6) is 0.176. The van der Waals surface area contributed by atoms with Gasteiger partial charge >= 0.3 is 6.18 Å². The molecule has 2 rings (SSSR count). The van der Waals surface area contributed by atoms with Gasteiger partial charge in [-0.1, -0.05) is 0 Å². The van der Waals surface area contributed by atoms with Crippen LogP contribution in [0.5, 0.6) is 0 Å². The molecule has 0 aromatic carbocycles. The summed E-state index contributed by atoms with van der Waals surface area (Å²) in [7, 11) is 1.83. The molecule has 0 bridgehead atoms. The lowest BCUT2D eigenvalue weighted by atomic mass is 10.0. The van der Waals surface area contributed by atoms with Crippen molar-refractivity contribution in [2.45, 2.75) is 31.5 Å². The maximum absolute atomic E-state index is 12.7. The zero-order valence-electron chi connectivity index (χ0n) is 10.7.